The largest absolute Gasteiger partial charge is 0.337 e. The predicted molar refractivity (Wildman–Crippen MR) is 118 cm³/mol. The standard InChI is InChI=1S/C24H16BrN3/c25-20-12-10-17(11-13-20)24-27-22(16-6-2-1-3-7-16)23(28-24)19-14-18-8-4-5-9-21(18)26-15-19/h1-15H,(H,27,28). The molecule has 0 aliphatic heterocycles. The molecule has 4 heteroatoms. The van der Waals surface area contributed by atoms with Gasteiger partial charge in [-0.3, -0.25) is 4.98 Å². The predicted octanol–water partition coefficient (Wildman–Crippen LogP) is 6.72. The van der Waals surface area contributed by atoms with Crippen LogP contribution in [0.4, 0.5) is 0 Å². The summed E-state index contributed by atoms with van der Waals surface area (Å²) in [6.07, 6.45) is 1.90. The molecule has 0 saturated carbocycles. The zero-order chi connectivity index (χ0) is 18.9. The van der Waals surface area contributed by atoms with Crippen LogP contribution in [0, 0.1) is 0 Å². The molecule has 5 rings (SSSR count). The van der Waals surface area contributed by atoms with Crippen molar-refractivity contribution in [1.82, 2.24) is 15.0 Å². The molecular weight excluding hydrogens is 410 g/mol. The summed E-state index contributed by atoms with van der Waals surface area (Å²) in [7, 11) is 0. The first kappa shape index (κ1) is 16.9. The summed E-state index contributed by atoms with van der Waals surface area (Å²) >= 11 is 3.50. The Kier molecular flexibility index (Phi) is 4.26. The molecule has 5 aromatic rings. The monoisotopic (exact) mass is 425 g/mol. The van der Waals surface area contributed by atoms with Crippen molar-refractivity contribution in [3.8, 4) is 33.9 Å². The van der Waals surface area contributed by atoms with Crippen LogP contribution in [0.1, 0.15) is 0 Å². The lowest BCUT2D eigenvalue weighted by molar-refractivity contribution is 1.30. The topological polar surface area (TPSA) is 41.6 Å². The van der Waals surface area contributed by atoms with Crippen molar-refractivity contribution in [2.45, 2.75) is 0 Å². The number of para-hydroxylation sites is 1. The number of nitrogens with zero attached hydrogens (tertiary/aromatic N) is 2. The van der Waals surface area contributed by atoms with Crippen LogP contribution in [0.3, 0.4) is 0 Å². The lowest BCUT2D eigenvalue weighted by atomic mass is 10.0. The minimum atomic E-state index is 0.842. The molecule has 0 spiro atoms. The molecule has 1 N–H and O–H groups in total. The fourth-order valence-corrected chi connectivity index (χ4v) is 3.61. The number of rotatable bonds is 3. The second kappa shape index (κ2) is 7.06. The summed E-state index contributed by atoms with van der Waals surface area (Å²) in [5.41, 5.74) is 6.02. The van der Waals surface area contributed by atoms with Crippen molar-refractivity contribution in [2.75, 3.05) is 0 Å². The Morgan fingerprint density at radius 3 is 2.29 bits per heavy atom. The van der Waals surface area contributed by atoms with Crippen LogP contribution >= 0.6 is 15.9 Å². The number of imidazole rings is 1. The second-order valence-corrected chi connectivity index (χ2v) is 7.51. The molecule has 0 atom stereocenters. The van der Waals surface area contributed by atoms with Crippen molar-refractivity contribution < 1.29 is 0 Å². The van der Waals surface area contributed by atoms with Gasteiger partial charge in [-0.25, -0.2) is 4.98 Å². The van der Waals surface area contributed by atoms with Gasteiger partial charge < -0.3 is 4.98 Å². The Bertz CT molecular complexity index is 1260. The molecule has 0 bridgehead atoms. The van der Waals surface area contributed by atoms with E-state index in [1.54, 1.807) is 0 Å². The van der Waals surface area contributed by atoms with E-state index in [9.17, 15) is 0 Å². The Hall–Kier alpha value is -3.24. The summed E-state index contributed by atoms with van der Waals surface area (Å²) in [6.45, 7) is 0. The zero-order valence-corrected chi connectivity index (χ0v) is 16.5. The van der Waals surface area contributed by atoms with Crippen molar-refractivity contribution in [3.63, 3.8) is 0 Å². The van der Waals surface area contributed by atoms with E-state index in [2.05, 4.69) is 62.3 Å². The number of halogens is 1. The third-order valence-corrected chi connectivity index (χ3v) is 5.28. The maximum absolute atomic E-state index is 4.95. The molecule has 2 aromatic heterocycles. The number of pyridine rings is 1. The summed E-state index contributed by atoms with van der Waals surface area (Å²) in [6, 6.07) is 28.7. The zero-order valence-electron chi connectivity index (χ0n) is 14.9. The van der Waals surface area contributed by atoms with Gasteiger partial charge in [-0.1, -0.05) is 76.6 Å². The second-order valence-electron chi connectivity index (χ2n) is 6.60. The highest BCUT2D eigenvalue weighted by Crippen LogP contribution is 2.34. The van der Waals surface area contributed by atoms with E-state index in [0.717, 1.165) is 49.3 Å². The summed E-state index contributed by atoms with van der Waals surface area (Å²) in [4.78, 5) is 13.1. The van der Waals surface area contributed by atoms with Gasteiger partial charge in [0.15, 0.2) is 0 Å². The van der Waals surface area contributed by atoms with Gasteiger partial charge in [-0.2, -0.15) is 0 Å². The van der Waals surface area contributed by atoms with Crippen molar-refractivity contribution in [1.29, 1.82) is 0 Å². The van der Waals surface area contributed by atoms with Crippen LogP contribution in [-0.2, 0) is 0 Å². The van der Waals surface area contributed by atoms with E-state index >= 15 is 0 Å². The Labute approximate surface area is 171 Å². The van der Waals surface area contributed by atoms with Crippen molar-refractivity contribution in [3.05, 3.63) is 95.6 Å². The van der Waals surface area contributed by atoms with E-state index in [-0.39, 0.29) is 0 Å². The lowest BCUT2D eigenvalue weighted by Crippen LogP contribution is -1.86. The van der Waals surface area contributed by atoms with Crippen LogP contribution in [0.25, 0.3) is 44.8 Å². The molecule has 0 saturated heterocycles. The Balaban J connectivity index is 1.71. The maximum atomic E-state index is 4.95. The fraction of sp³-hybridized carbons (Fsp3) is 0. The lowest BCUT2D eigenvalue weighted by Gasteiger charge is -2.04. The highest BCUT2D eigenvalue weighted by atomic mass is 79.9. The van der Waals surface area contributed by atoms with Gasteiger partial charge in [0.25, 0.3) is 0 Å². The van der Waals surface area contributed by atoms with Crippen LogP contribution in [0.2, 0.25) is 0 Å². The minimum Gasteiger partial charge on any atom is -0.337 e. The SMILES string of the molecule is Brc1ccc(-c2nc(-c3cnc4ccccc4c3)c(-c3ccccc3)[nH]2)cc1. The molecule has 2 heterocycles. The first-order chi connectivity index (χ1) is 13.8. The van der Waals surface area contributed by atoms with Gasteiger partial charge in [0.05, 0.1) is 16.9 Å². The van der Waals surface area contributed by atoms with E-state index < -0.39 is 0 Å². The summed E-state index contributed by atoms with van der Waals surface area (Å²) in [5.74, 6) is 0.842. The molecule has 0 radical (unpaired) electrons. The summed E-state index contributed by atoms with van der Waals surface area (Å²) < 4.78 is 1.05. The van der Waals surface area contributed by atoms with Gasteiger partial charge in [-0.05, 0) is 24.3 Å². The molecule has 0 aliphatic rings. The van der Waals surface area contributed by atoms with Gasteiger partial charge in [0.1, 0.15) is 5.82 Å². The molecular formula is C24H16BrN3. The number of aromatic nitrogens is 3. The Morgan fingerprint density at radius 1 is 0.714 bits per heavy atom. The van der Waals surface area contributed by atoms with Gasteiger partial charge in [0, 0.05) is 32.7 Å². The van der Waals surface area contributed by atoms with Crippen LogP contribution < -0.4 is 0 Å². The number of nitrogens with one attached hydrogen (secondary N) is 1. The molecule has 0 unspecified atom stereocenters. The number of fused-ring (bicyclic) bond motifs is 1. The normalized spacial score (nSPS) is 11.0. The molecule has 134 valence electrons. The van der Waals surface area contributed by atoms with E-state index in [4.69, 9.17) is 4.98 Å². The minimum absolute atomic E-state index is 0.842. The maximum Gasteiger partial charge on any atom is 0.138 e. The molecule has 0 fully saturated rings. The third-order valence-electron chi connectivity index (χ3n) is 4.75. The van der Waals surface area contributed by atoms with Crippen LogP contribution in [0.5, 0.6) is 0 Å². The van der Waals surface area contributed by atoms with E-state index in [1.807, 2.05) is 54.7 Å². The summed E-state index contributed by atoms with van der Waals surface area (Å²) in [5, 5.41) is 1.10. The number of hydrogen-bond acceptors (Lipinski definition) is 2. The molecule has 3 nitrogen and oxygen atoms in total. The number of hydrogen-bond donors (Lipinski definition) is 1. The van der Waals surface area contributed by atoms with Crippen LogP contribution in [-0.4, -0.2) is 15.0 Å². The first-order valence-corrected chi connectivity index (χ1v) is 9.84. The number of aromatic amines is 1. The first-order valence-electron chi connectivity index (χ1n) is 9.04. The molecule has 0 aliphatic carbocycles. The average Bonchev–Trinajstić information content (AvgIpc) is 3.20. The third kappa shape index (κ3) is 3.12. The number of H-pyrrole nitrogens is 1. The number of benzene rings is 3. The van der Waals surface area contributed by atoms with Crippen LogP contribution in [0.15, 0.2) is 95.6 Å². The van der Waals surface area contributed by atoms with E-state index in [0.29, 0.717) is 0 Å². The average molecular weight is 426 g/mol. The van der Waals surface area contributed by atoms with E-state index in [1.165, 1.54) is 0 Å². The molecule has 0 amide bonds. The smallest absolute Gasteiger partial charge is 0.138 e. The highest BCUT2D eigenvalue weighted by Gasteiger charge is 2.16. The quantitative estimate of drug-likeness (QED) is 0.348. The van der Waals surface area contributed by atoms with Crippen molar-refractivity contribution >= 4 is 26.8 Å². The van der Waals surface area contributed by atoms with Gasteiger partial charge in [-0.15, -0.1) is 0 Å². The van der Waals surface area contributed by atoms with Gasteiger partial charge >= 0.3 is 0 Å². The Morgan fingerprint density at radius 2 is 1.46 bits per heavy atom. The molecule has 3 aromatic carbocycles. The fourth-order valence-electron chi connectivity index (χ4n) is 3.34. The highest BCUT2D eigenvalue weighted by molar-refractivity contribution is 9.10. The van der Waals surface area contributed by atoms with Crippen molar-refractivity contribution in [2.24, 2.45) is 0 Å². The van der Waals surface area contributed by atoms with Gasteiger partial charge in [0.2, 0.25) is 0 Å². The molecule has 28 heavy (non-hydrogen) atoms.